The lowest BCUT2D eigenvalue weighted by Crippen LogP contribution is -2.08. The van der Waals surface area contributed by atoms with E-state index in [-0.39, 0.29) is 0 Å². The molecule has 1 atom stereocenters. The maximum Gasteiger partial charge on any atom is 0.0845 e. The van der Waals surface area contributed by atoms with Gasteiger partial charge in [0.25, 0.3) is 0 Å². The van der Waals surface area contributed by atoms with Crippen molar-refractivity contribution < 1.29 is 5.11 Å². The smallest absolute Gasteiger partial charge is 0.0845 e. The van der Waals surface area contributed by atoms with Gasteiger partial charge in [-0.1, -0.05) is 18.2 Å². The molecule has 0 spiro atoms. The van der Waals surface area contributed by atoms with Crippen molar-refractivity contribution in [1.82, 2.24) is 9.78 Å². The summed E-state index contributed by atoms with van der Waals surface area (Å²) in [4.78, 5) is 0. The van der Waals surface area contributed by atoms with Gasteiger partial charge in [-0.15, -0.1) is 0 Å². The minimum absolute atomic E-state index is 0.472. The quantitative estimate of drug-likeness (QED) is 0.915. The first-order valence-corrected chi connectivity index (χ1v) is 6.79. The molecule has 1 N–H and O–H groups in total. The van der Waals surface area contributed by atoms with Crippen molar-refractivity contribution >= 4 is 0 Å². The van der Waals surface area contributed by atoms with Gasteiger partial charge in [-0.3, -0.25) is 4.68 Å². The highest BCUT2D eigenvalue weighted by Crippen LogP contribution is 2.21. The summed E-state index contributed by atoms with van der Waals surface area (Å²) in [5.41, 5.74) is 5.54. The predicted octanol–water partition coefficient (Wildman–Crippen LogP) is 3.10. The van der Waals surface area contributed by atoms with Gasteiger partial charge in [0.05, 0.1) is 11.8 Å². The van der Waals surface area contributed by atoms with Crippen molar-refractivity contribution in [2.45, 2.75) is 46.8 Å². The second-order valence-corrected chi connectivity index (χ2v) is 5.16. The fraction of sp³-hybridized carbons (Fsp3) is 0.438. The van der Waals surface area contributed by atoms with E-state index in [1.54, 1.807) is 0 Å². The molecule has 3 heteroatoms. The summed E-state index contributed by atoms with van der Waals surface area (Å²) >= 11 is 0. The van der Waals surface area contributed by atoms with Crippen LogP contribution in [0.4, 0.5) is 0 Å². The van der Waals surface area contributed by atoms with Crippen molar-refractivity contribution in [1.29, 1.82) is 0 Å². The number of aliphatic hydroxyl groups is 1. The van der Waals surface area contributed by atoms with Crippen LogP contribution in [0.2, 0.25) is 0 Å². The standard InChI is InChI=1S/C16H22N2O/c1-5-18-15(9-13(4)17-18)10-16(19)14-7-6-11(2)12(3)8-14/h6-9,16,19H,5,10H2,1-4H3. The summed E-state index contributed by atoms with van der Waals surface area (Å²) in [6, 6.07) is 8.19. The molecule has 0 amide bonds. The van der Waals surface area contributed by atoms with Gasteiger partial charge in [-0.2, -0.15) is 5.10 Å². The fourth-order valence-corrected chi connectivity index (χ4v) is 2.33. The van der Waals surface area contributed by atoms with E-state index in [9.17, 15) is 5.11 Å². The van der Waals surface area contributed by atoms with Crippen LogP contribution in [-0.2, 0) is 13.0 Å². The van der Waals surface area contributed by atoms with E-state index in [1.165, 1.54) is 11.1 Å². The normalized spacial score (nSPS) is 12.7. The van der Waals surface area contributed by atoms with Crippen molar-refractivity contribution in [3.05, 3.63) is 52.3 Å². The Morgan fingerprint density at radius 3 is 2.53 bits per heavy atom. The molecule has 102 valence electrons. The number of aromatic nitrogens is 2. The largest absolute Gasteiger partial charge is 0.388 e. The lowest BCUT2D eigenvalue weighted by atomic mass is 10.00. The molecule has 0 aliphatic rings. The van der Waals surface area contributed by atoms with Crippen LogP contribution < -0.4 is 0 Å². The molecule has 1 heterocycles. The molecule has 0 bridgehead atoms. The molecule has 0 aliphatic carbocycles. The van der Waals surface area contributed by atoms with E-state index < -0.39 is 6.10 Å². The molecule has 0 fully saturated rings. The average Bonchev–Trinajstić information content (AvgIpc) is 2.72. The second-order valence-electron chi connectivity index (χ2n) is 5.16. The molecule has 0 aliphatic heterocycles. The Labute approximate surface area is 114 Å². The third kappa shape index (κ3) is 3.04. The monoisotopic (exact) mass is 258 g/mol. The van der Waals surface area contributed by atoms with E-state index in [0.29, 0.717) is 6.42 Å². The number of hydrogen-bond acceptors (Lipinski definition) is 2. The van der Waals surface area contributed by atoms with Gasteiger partial charge in [-0.05, 0) is 50.5 Å². The van der Waals surface area contributed by atoms with Gasteiger partial charge < -0.3 is 5.11 Å². The molecule has 19 heavy (non-hydrogen) atoms. The third-order valence-electron chi connectivity index (χ3n) is 3.60. The minimum Gasteiger partial charge on any atom is -0.388 e. The SMILES string of the molecule is CCn1nc(C)cc1CC(O)c1ccc(C)c(C)c1. The number of aryl methyl sites for hydroxylation is 4. The van der Waals surface area contributed by atoms with Gasteiger partial charge in [-0.25, -0.2) is 0 Å². The molecule has 1 unspecified atom stereocenters. The van der Waals surface area contributed by atoms with Crippen molar-refractivity contribution in [3.63, 3.8) is 0 Å². The second kappa shape index (κ2) is 5.57. The van der Waals surface area contributed by atoms with Crippen LogP contribution in [0.3, 0.4) is 0 Å². The Morgan fingerprint density at radius 1 is 1.16 bits per heavy atom. The third-order valence-corrected chi connectivity index (χ3v) is 3.60. The highest BCUT2D eigenvalue weighted by Gasteiger charge is 2.13. The first-order chi connectivity index (χ1) is 9.01. The molecular weight excluding hydrogens is 236 g/mol. The summed E-state index contributed by atoms with van der Waals surface area (Å²) in [5.74, 6) is 0. The Hall–Kier alpha value is -1.61. The summed E-state index contributed by atoms with van der Waals surface area (Å²) < 4.78 is 1.96. The van der Waals surface area contributed by atoms with Gasteiger partial charge in [0.2, 0.25) is 0 Å². The molecular formula is C16H22N2O. The summed E-state index contributed by atoms with van der Waals surface area (Å²) in [5, 5.41) is 14.8. The lowest BCUT2D eigenvalue weighted by molar-refractivity contribution is 0.175. The van der Waals surface area contributed by atoms with Crippen molar-refractivity contribution in [2.75, 3.05) is 0 Å². The van der Waals surface area contributed by atoms with E-state index in [4.69, 9.17) is 0 Å². The number of rotatable bonds is 4. The maximum absolute atomic E-state index is 10.4. The summed E-state index contributed by atoms with van der Waals surface area (Å²) in [6.45, 7) is 9.05. The highest BCUT2D eigenvalue weighted by molar-refractivity contribution is 5.31. The van der Waals surface area contributed by atoms with E-state index >= 15 is 0 Å². The number of hydrogen-bond donors (Lipinski definition) is 1. The molecule has 0 saturated carbocycles. The average molecular weight is 258 g/mol. The number of benzene rings is 1. The van der Waals surface area contributed by atoms with Gasteiger partial charge >= 0.3 is 0 Å². The lowest BCUT2D eigenvalue weighted by Gasteiger charge is -2.13. The topological polar surface area (TPSA) is 38.0 Å². The minimum atomic E-state index is -0.472. The van der Waals surface area contributed by atoms with E-state index in [1.807, 2.05) is 23.7 Å². The summed E-state index contributed by atoms with van der Waals surface area (Å²) in [7, 11) is 0. The van der Waals surface area contributed by atoms with Gasteiger partial charge in [0.1, 0.15) is 0 Å². The van der Waals surface area contributed by atoms with Crippen LogP contribution in [0, 0.1) is 20.8 Å². The molecule has 3 nitrogen and oxygen atoms in total. The van der Waals surface area contributed by atoms with Crippen molar-refractivity contribution in [2.24, 2.45) is 0 Å². The zero-order chi connectivity index (χ0) is 14.0. The number of aliphatic hydroxyl groups excluding tert-OH is 1. The van der Waals surface area contributed by atoms with Crippen molar-refractivity contribution in [3.8, 4) is 0 Å². The molecule has 2 rings (SSSR count). The molecule has 0 radical (unpaired) electrons. The van der Waals surface area contributed by atoms with Crippen LogP contribution in [0.5, 0.6) is 0 Å². The van der Waals surface area contributed by atoms with Gasteiger partial charge in [0.15, 0.2) is 0 Å². The zero-order valence-corrected chi connectivity index (χ0v) is 12.1. The molecule has 2 aromatic rings. The molecule has 1 aromatic heterocycles. The maximum atomic E-state index is 10.4. The predicted molar refractivity (Wildman–Crippen MR) is 77.2 cm³/mol. The zero-order valence-electron chi connectivity index (χ0n) is 12.1. The molecule has 1 aromatic carbocycles. The Morgan fingerprint density at radius 2 is 1.89 bits per heavy atom. The first-order valence-electron chi connectivity index (χ1n) is 6.79. The highest BCUT2D eigenvalue weighted by atomic mass is 16.3. The first kappa shape index (κ1) is 13.8. The molecule has 0 saturated heterocycles. The number of nitrogens with zero attached hydrogens (tertiary/aromatic N) is 2. The Kier molecular flexibility index (Phi) is 4.05. The van der Waals surface area contributed by atoms with Crippen LogP contribution in [-0.4, -0.2) is 14.9 Å². The van der Waals surface area contributed by atoms with E-state index in [0.717, 1.165) is 23.5 Å². The van der Waals surface area contributed by atoms with Crippen LogP contribution in [0.1, 0.15) is 41.1 Å². The van der Waals surface area contributed by atoms with Crippen LogP contribution in [0.25, 0.3) is 0 Å². The summed E-state index contributed by atoms with van der Waals surface area (Å²) in [6.07, 6.45) is 0.137. The van der Waals surface area contributed by atoms with Gasteiger partial charge in [0, 0.05) is 18.7 Å². The fourth-order valence-electron chi connectivity index (χ4n) is 2.33. The van der Waals surface area contributed by atoms with Crippen LogP contribution in [0.15, 0.2) is 24.3 Å². The Balaban J connectivity index is 2.20. The van der Waals surface area contributed by atoms with Crippen LogP contribution >= 0.6 is 0 Å². The Bertz CT molecular complexity index is 572. The van der Waals surface area contributed by atoms with E-state index in [2.05, 4.69) is 38.0 Å².